The van der Waals surface area contributed by atoms with E-state index in [2.05, 4.69) is 20.7 Å². The van der Waals surface area contributed by atoms with E-state index in [1.54, 1.807) is 6.07 Å². The van der Waals surface area contributed by atoms with Crippen LogP contribution in [-0.4, -0.2) is 37.6 Å². The lowest BCUT2D eigenvalue weighted by Crippen LogP contribution is -2.42. The highest BCUT2D eigenvalue weighted by molar-refractivity contribution is 6.33. The molecule has 1 heterocycles. The monoisotopic (exact) mass is 311 g/mol. The minimum Gasteiger partial charge on any atom is -0.465 e. The van der Waals surface area contributed by atoms with Crippen molar-refractivity contribution in [2.24, 2.45) is 0 Å². The molecule has 0 saturated carbocycles. The highest BCUT2D eigenvalue weighted by Gasteiger charge is 2.25. The fraction of sp³-hybridized carbons (Fsp3) is 0.308. The maximum Gasteiger partial charge on any atom is 0.339 e. The van der Waals surface area contributed by atoms with Crippen molar-refractivity contribution >= 4 is 35.2 Å². The molecule has 8 heteroatoms. The summed E-state index contributed by atoms with van der Waals surface area (Å²) < 4.78 is 4.59. The van der Waals surface area contributed by atoms with E-state index in [9.17, 15) is 14.4 Å². The third kappa shape index (κ3) is 3.63. The summed E-state index contributed by atoms with van der Waals surface area (Å²) in [7, 11) is 1.24. The first kappa shape index (κ1) is 15.1. The molecule has 0 radical (unpaired) electrons. The van der Waals surface area contributed by atoms with Crippen molar-refractivity contribution in [3.63, 3.8) is 0 Å². The van der Waals surface area contributed by atoms with Crippen LogP contribution in [-0.2, 0) is 9.53 Å². The molecule has 1 fully saturated rings. The van der Waals surface area contributed by atoms with E-state index in [1.165, 1.54) is 19.2 Å². The summed E-state index contributed by atoms with van der Waals surface area (Å²) in [6.07, 6.45) is 0.542. The van der Waals surface area contributed by atoms with Crippen molar-refractivity contribution in [3.8, 4) is 0 Å². The average molecular weight is 312 g/mol. The molecule has 1 aliphatic rings. The van der Waals surface area contributed by atoms with Crippen molar-refractivity contribution < 1.29 is 19.1 Å². The molecular weight excluding hydrogens is 298 g/mol. The molecule has 1 aromatic carbocycles. The number of hydrogen-bond donors (Lipinski definition) is 3. The zero-order chi connectivity index (χ0) is 15.4. The lowest BCUT2D eigenvalue weighted by molar-refractivity contribution is -0.120. The van der Waals surface area contributed by atoms with Crippen LogP contribution in [0.5, 0.6) is 0 Å². The van der Waals surface area contributed by atoms with Crippen LogP contribution in [0.2, 0.25) is 5.02 Å². The van der Waals surface area contributed by atoms with E-state index < -0.39 is 18.0 Å². The van der Waals surface area contributed by atoms with Crippen LogP contribution in [0.4, 0.5) is 10.5 Å². The molecule has 0 aliphatic carbocycles. The number of methoxy groups -OCH3 is 1. The summed E-state index contributed by atoms with van der Waals surface area (Å²) in [5, 5.41) is 7.93. The molecule has 0 bridgehead atoms. The zero-order valence-electron chi connectivity index (χ0n) is 11.2. The maximum absolute atomic E-state index is 11.8. The second-order valence-electron chi connectivity index (χ2n) is 4.42. The number of rotatable bonds is 3. The number of ether oxygens (including phenoxy) is 1. The Morgan fingerprint density at radius 3 is 2.81 bits per heavy atom. The Bertz CT molecular complexity index is 591. The van der Waals surface area contributed by atoms with Gasteiger partial charge in [-0.25, -0.2) is 9.59 Å². The van der Waals surface area contributed by atoms with Crippen LogP contribution in [0.25, 0.3) is 0 Å². The van der Waals surface area contributed by atoms with Crippen molar-refractivity contribution in [3.05, 3.63) is 28.8 Å². The van der Waals surface area contributed by atoms with Gasteiger partial charge in [-0.3, -0.25) is 4.79 Å². The van der Waals surface area contributed by atoms with E-state index in [4.69, 9.17) is 11.6 Å². The number of amides is 3. The van der Waals surface area contributed by atoms with Gasteiger partial charge < -0.3 is 20.7 Å². The first-order valence-corrected chi connectivity index (χ1v) is 6.62. The van der Waals surface area contributed by atoms with Gasteiger partial charge >= 0.3 is 12.0 Å². The van der Waals surface area contributed by atoms with Gasteiger partial charge in [0.15, 0.2) is 0 Å². The fourth-order valence-corrected chi connectivity index (χ4v) is 2.12. The van der Waals surface area contributed by atoms with Crippen molar-refractivity contribution in [1.82, 2.24) is 10.6 Å². The number of halogens is 1. The number of carbonyl (C=O) groups is 3. The van der Waals surface area contributed by atoms with Gasteiger partial charge in [-0.2, -0.15) is 0 Å². The van der Waals surface area contributed by atoms with E-state index in [1.807, 2.05) is 0 Å². The Morgan fingerprint density at radius 1 is 1.43 bits per heavy atom. The summed E-state index contributed by atoms with van der Waals surface area (Å²) in [4.78, 5) is 34.7. The zero-order valence-corrected chi connectivity index (χ0v) is 12.0. The number of urea groups is 1. The standard InChI is InChI=1S/C13H14ClN3O4/c1-21-12(19)8-6-7(2-3-9(8)14)16-13(20)17-10-4-5-15-11(10)18/h2-3,6,10H,4-5H2,1H3,(H,15,18)(H2,16,17,20). The van der Waals surface area contributed by atoms with Gasteiger partial charge in [-0.05, 0) is 24.6 Å². The van der Waals surface area contributed by atoms with Crippen LogP contribution in [0.3, 0.4) is 0 Å². The van der Waals surface area contributed by atoms with E-state index >= 15 is 0 Å². The number of esters is 1. The SMILES string of the molecule is COC(=O)c1cc(NC(=O)NC2CCNC2=O)ccc1Cl. The Labute approximate surface area is 126 Å². The highest BCUT2D eigenvalue weighted by Crippen LogP contribution is 2.21. The van der Waals surface area contributed by atoms with Gasteiger partial charge in [0.25, 0.3) is 0 Å². The van der Waals surface area contributed by atoms with Gasteiger partial charge in [-0.15, -0.1) is 0 Å². The lowest BCUT2D eigenvalue weighted by atomic mass is 10.2. The molecule has 0 aromatic heterocycles. The quantitative estimate of drug-likeness (QED) is 0.729. The van der Waals surface area contributed by atoms with Crippen LogP contribution < -0.4 is 16.0 Å². The molecule has 2 rings (SSSR count). The largest absolute Gasteiger partial charge is 0.465 e. The fourth-order valence-electron chi connectivity index (χ4n) is 1.93. The summed E-state index contributed by atoms with van der Waals surface area (Å²) in [5.74, 6) is -0.810. The predicted octanol–water partition coefficient (Wildman–Crippen LogP) is 1.14. The number of benzene rings is 1. The Balaban J connectivity index is 2.03. The van der Waals surface area contributed by atoms with Gasteiger partial charge in [0.2, 0.25) is 5.91 Å². The lowest BCUT2D eigenvalue weighted by Gasteiger charge is -2.12. The van der Waals surface area contributed by atoms with E-state index in [-0.39, 0.29) is 16.5 Å². The summed E-state index contributed by atoms with van der Waals surface area (Å²) in [6, 6.07) is 3.35. The van der Waals surface area contributed by atoms with Gasteiger partial charge in [-0.1, -0.05) is 11.6 Å². The molecule has 1 aliphatic heterocycles. The number of hydrogen-bond acceptors (Lipinski definition) is 4. The van der Waals surface area contributed by atoms with E-state index in [0.717, 1.165) is 0 Å². The first-order valence-electron chi connectivity index (χ1n) is 6.24. The maximum atomic E-state index is 11.8. The Morgan fingerprint density at radius 2 is 2.19 bits per heavy atom. The number of nitrogens with one attached hydrogen (secondary N) is 3. The molecule has 0 spiro atoms. The van der Waals surface area contributed by atoms with Crippen molar-refractivity contribution in [2.75, 3.05) is 19.0 Å². The molecule has 112 valence electrons. The van der Waals surface area contributed by atoms with Gasteiger partial charge in [0.05, 0.1) is 17.7 Å². The molecule has 1 unspecified atom stereocenters. The molecule has 1 saturated heterocycles. The number of anilines is 1. The predicted molar refractivity (Wildman–Crippen MR) is 76.4 cm³/mol. The topological polar surface area (TPSA) is 96.5 Å². The third-order valence-corrected chi connectivity index (χ3v) is 3.31. The van der Waals surface area contributed by atoms with Crippen molar-refractivity contribution in [1.29, 1.82) is 0 Å². The molecule has 1 atom stereocenters. The normalized spacial score (nSPS) is 17.0. The second kappa shape index (κ2) is 6.45. The molecule has 3 N–H and O–H groups in total. The first-order chi connectivity index (χ1) is 10.0. The molecular formula is C13H14ClN3O4. The van der Waals surface area contributed by atoms with Crippen LogP contribution in [0.15, 0.2) is 18.2 Å². The summed E-state index contributed by atoms with van der Waals surface area (Å²) >= 11 is 5.88. The smallest absolute Gasteiger partial charge is 0.339 e. The Hall–Kier alpha value is -2.28. The summed E-state index contributed by atoms with van der Waals surface area (Å²) in [6.45, 7) is 0.539. The molecule has 21 heavy (non-hydrogen) atoms. The minimum atomic E-state index is -0.598. The minimum absolute atomic E-state index is 0.149. The Kier molecular flexibility index (Phi) is 4.64. The van der Waals surface area contributed by atoms with Gasteiger partial charge in [0.1, 0.15) is 6.04 Å². The molecule has 3 amide bonds. The van der Waals surface area contributed by atoms with Crippen molar-refractivity contribution in [2.45, 2.75) is 12.5 Å². The second-order valence-corrected chi connectivity index (χ2v) is 4.82. The van der Waals surface area contributed by atoms with Crippen LogP contribution in [0, 0.1) is 0 Å². The van der Waals surface area contributed by atoms with Crippen LogP contribution in [0.1, 0.15) is 16.8 Å². The highest BCUT2D eigenvalue weighted by atomic mass is 35.5. The number of carbonyl (C=O) groups excluding carboxylic acids is 3. The third-order valence-electron chi connectivity index (χ3n) is 2.98. The van der Waals surface area contributed by atoms with E-state index in [0.29, 0.717) is 18.7 Å². The molecule has 1 aromatic rings. The van der Waals surface area contributed by atoms with Gasteiger partial charge in [0, 0.05) is 12.2 Å². The summed E-state index contributed by atoms with van der Waals surface area (Å²) in [5.41, 5.74) is 0.520. The average Bonchev–Trinajstić information content (AvgIpc) is 2.85. The molecule has 7 nitrogen and oxygen atoms in total. The van der Waals surface area contributed by atoms with Crippen LogP contribution >= 0.6 is 11.6 Å².